The van der Waals surface area contributed by atoms with Crippen molar-refractivity contribution >= 4 is 35.0 Å². The molecule has 2 heterocycles. The highest BCUT2D eigenvalue weighted by Crippen LogP contribution is 2.14. The highest BCUT2D eigenvalue weighted by molar-refractivity contribution is 5.96. The predicted molar refractivity (Wildman–Crippen MR) is 162 cm³/mol. The third-order valence-electron chi connectivity index (χ3n) is 6.68. The van der Waals surface area contributed by atoms with E-state index in [2.05, 4.69) is 21.3 Å². The van der Waals surface area contributed by atoms with E-state index in [1.807, 2.05) is 0 Å². The van der Waals surface area contributed by atoms with Crippen LogP contribution in [0.5, 0.6) is 0 Å². The summed E-state index contributed by atoms with van der Waals surface area (Å²) >= 11 is 0. The molecule has 4 rings (SSSR count). The van der Waals surface area contributed by atoms with Crippen LogP contribution in [0.4, 0.5) is 11.4 Å². The van der Waals surface area contributed by atoms with Gasteiger partial charge in [0.25, 0.3) is 11.8 Å². The van der Waals surface area contributed by atoms with Gasteiger partial charge in [0.1, 0.15) is 11.5 Å². The van der Waals surface area contributed by atoms with Crippen LogP contribution >= 0.6 is 0 Å². The number of carbonyl (C=O) groups is 4. The number of furan rings is 2. The number of unbranched alkanes of at least 4 members (excludes halogenated alkanes) is 4. The average molecular weight is 585 g/mol. The van der Waals surface area contributed by atoms with Gasteiger partial charge in [-0.2, -0.15) is 0 Å². The van der Waals surface area contributed by atoms with Crippen LogP contribution in [0, 0.1) is 0 Å². The first-order valence-corrected chi connectivity index (χ1v) is 14.4. The van der Waals surface area contributed by atoms with E-state index in [0.29, 0.717) is 60.0 Å². The van der Waals surface area contributed by atoms with Gasteiger partial charge >= 0.3 is 0 Å². The molecule has 0 spiro atoms. The number of amides is 4. The summed E-state index contributed by atoms with van der Waals surface area (Å²) in [6.45, 7) is 0.617. The van der Waals surface area contributed by atoms with Gasteiger partial charge in [0, 0.05) is 35.3 Å². The van der Waals surface area contributed by atoms with Crippen LogP contribution in [0.1, 0.15) is 77.2 Å². The molecule has 0 saturated heterocycles. The largest absolute Gasteiger partial charge is 0.467 e. The summed E-state index contributed by atoms with van der Waals surface area (Å²) in [4.78, 5) is 49.0. The molecule has 0 unspecified atom stereocenters. The molecule has 0 fully saturated rings. The molecule has 2 aromatic heterocycles. The Kier molecular flexibility index (Phi) is 11.7. The fourth-order valence-electron chi connectivity index (χ4n) is 4.32. The maximum atomic E-state index is 12.3. The number of anilines is 2. The van der Waals surface area contributed by atoms with E-state index in [1.165, 1.54) is 0 Å². The van der Waals surface area contributed by atoms with E-state index in [9.17, 15) is 19.2 Å². The fourth-order valence-corrected chi connectivity index (χ4v) is 4.32. The molecule has 0 aliphatic rings. The Hall–Kier alpha value is -5.12. The summed E-state index contributed by atoms with van der Waals surface area (Å²) in [6.07, 6.45) is 8.16. The second-order valence-electron chi connectivity index (χ2n) is 10.0. The first-order chi connectivity index (χ1) is 21.0. The molecule has 0 aliphatic heterocycles. The number of hydrogen-bond acceptors (Lipinski definition) is 6. The van der Waals surface area contributed by atoms with E-state index in [1.54, 1.807) is 85.3 Å². The Morgan fingerprint density at radius 3 is 1.28 bits per heavy atom. The van der Waals surface area contributed by atoms with Crippen molar-refractivity contribution in [2.75, 3.05) is 10.6 Å². The minimum atomic E-state index is -0.218. The van der Waals surface area contributed by atoms with Crippen LogP contribution in [0.3, 0.4) is 0 Å². The number of carbonyl (C=O) groups excluding carboxylic acids is 4. The number of rotatable bonds is 16. The molecule has 4 N–H and O–H groups in total. The maximum Gasteiger partial charge on any atom is 0.251 e. The second kappa shape index (κ2) is 16.4. The summed E-state index contributed by atoms with van der Waals surface area (Å²) < 4.78 is 10.4. The van der Waals surface area contributed by atoms with Gasteiger partial charge in [-0.1, -0.05) is 19.3 Å². The van der Waals surface area contributed by atoms with Crippen LogP contribution in [-0.4, -0.2) is 23.6 Å². The highest BCUT2D eigenvalue weighted by atomic mass is 16.3. The van der Waals surface area contributed by atoms with E-state index >= 15 is 0 Å². The summed E-state index contributed by atoms with van der Waals surface area (Å²) in [5.74, 6) is 0.763. The first-order valence-electron chi connectivity index (χ1n) is 14.4. The quantitative estimate of drug-likeness (QED) is 0.118. The summed E-state index contributed by atoms with van der Waals surface area (Å²) in [5.41, 5.74) is 2.28. The molecule has 0 saturated carbocycles. The predicted octanol–water partition coefficient (Wildman–Crippen LogP) is 6.04. The molecule has 0 bridgehead atoms. The molecular weight excluding hydrogens is 548 g/mol. The first kappa shape index (κ1) is 30.8. The third kappa shape index (κ3) is 10.7. The van der Waals surface area contributed by atoms with E-state index in [4.69, 9.17) is 8.83 Å². The second-order valence-corrected chi connectivity index (χ2v) is 10.0. The van der Waals surface area contributed by atoms with Crippen molar-refractivity contribution < 1.29 is 28.0 Å². The molecule has 0 radical (unpaired) electrons. The lowest BCUT2D eigenvalue weighted by Gasteiger charge is -2.08. The summed E-state index contributed by atoms with van der Waals surface area (Å²) in [5, 5.41) is 11.3. The minimum absolute atomic E-state index is 0.0737. The molecule has 10 nitrogen and oxygen atoms in total. The zero-order chi connectivity index (χ0) is 30.3. The molecule has 10 heteroatoms. The Balaban J connectivity index is 1.02. The maximum absolute atomic E-state index is 12.3. The van der Waals surface area contributed by atoms with Crippen molar-refractivity contribution in [2.24, 2.45) is 0 Å². The van der Waals surface area contributed by atoms with Gasteiger partial charge in [-0.05, 0) is 85.6 Å². The summed E-state index contributed by atoms with van der Waals surface area (Å²) in [7, 11) is 0. The van der Waals surface area contributed by atoms with Gasteiger partial charge in [0.15, 0.2) is 0 Å². The molecule has 0 aliphatic carbocycles. The zero-order valence-electron chi connectivity index (χ0n) is 23.9. The van der Waals surface area contributed by atoms with Crippen molar-refractivity contribution in [1.82, 2.24) is 10.6 Å². The van der Waals surface area contributed by atoms with E-state index in [0.717, 1.165) is 32.1 Å². The lowest BCUT2D eigenvalue weighted by atomic mass is 10.1. The smallest absolute Gasteiger partial charge is 0.251 e. The van der Waals surface area contributed by atoms with Crippen molar-refractivity contribution in [3.63, 3.8) is 0 Å². The topological polar surface area (TPSA) is 143 Å². The van der Waals surface area contributed by atoms with Crippen LogP contribution in [-0.2, 0) is 22.7 Å². The monoisotopic (exact) mass is 584 g/mol. The van der Waals surface area contributed by atoms with Crippen molar-refractivity contribution in [2.45, 2.75) is 58.0 Å². The van der Waals surface area contributed by atoms with Crippen LogP contribution in [0.2, 0.25) is 0 Å². The van der Waals surface area contributed by atoms with Crippen LogP contribution in [0.25, 0.3) is 0 Å². The molecule has 0 atom stereocenters. The van der Waals surface area contributed by atoms with Crippen molar-refractivity contribution in [1.29, 1.82) is 0 Å². The molecule has 43 heavy (non-hydrogen) atoms. The number of nitrogens with one attached hydrogen (secondary N) is 4. The lowest BCUT2D eigenvalue weighted by Crippen LogP contribution is -2.22. The Labute approximate surface area is 250 Å². The summed E-state index contributed by atoms with van der Waals surface area (Å²) in [6, 6.07) is 20.6. The molecule has 2 aromatic carbocycles. The van der Waals surface area contributed by atoms with Gasteiger partial charge in [0.05, 0.1) is 25.6 Å². The molecular formula is C33H36N4O6. The Morgan fingerprint density at radius 2 is 0.907 bits per heavy atom. The van der Waals surface area contributed by atoms with Crippen LogP contribution in [0.15, 0.2) is 94.2 Å². The SMILES string of the molecule is O=C(CCCCCCCC(=O)Nc1ccc(C(=O)NCc2ccco2)cc1)Nc1ccc(C(=O)NCc2ccco2)cc1. The average Bonchev–Trinajstić information content (AvgIpc) is 3.74. The molecule has 4 amide bonds. The minimum Gasteiger partial charge on any atom is -0.467 e. The fraction of sp³-hybridized carbons (Fsp3) is 0.273. The molecule has 4 aromatic rings. The van der Waals surface area contributed by atoms with E-state index in [-0.39, 0.29) is 23.6 Å². The van der Waals surface area contributed by atoms with Gasteiger partial charge in [-0.15, -0.1) is 0 Å². The zero-order valence-corrected chi connectivity index (χ0v) is 23.9. The van der Waals surface area contributed by atoms with Gasteiger partial charge in [-0.3, -0.25) is 19.2 Å². The normalized spacial score (nSPS) is 10.6. The van der Waals surface area contributed by atoms with E-state index < -0.39 is 0 Å². The van der Waals surface area contributed by atoms with Gasteiger partial charge in [0.2, 0.25) is 11.8 Å². The van der Waals surface area contributed by atoms with Gasteiger partial charge < -0.3 is 30.1 Å². The number of benzene rings is 2. The molecule has 224 valence electrons. The Bertz CT molecular complexity index is 1330. The standard InChI is InChI=1S/C33H36N4O6/c38-30(36-26-16-12-24(13-17-26)32(40)34-22-28-8-6-20-42-28)10-4-2-1-3-5-11-31(39)37-27-18-14-25(15-19-27)33(41)35-23-29-9-7-21-43-29/h6-9,12-21H,1-5,10-11,22-23H2,(H,34,40)(H,35,41)(H,36,38)(H,37,39). The third-order valence-corrected chi connectivity index (χ3v) is 6.68. The van der Waals surface area contributed by atoms with Gasteiger partial charge in [-0.25, -0.2) is 0 Å². The number of hydrogen-bond donors (Lipinski definition) is 4. The van der Waals surface area contributed by atoms with Crippen molar-refractivity contribution in [3.8, 4) is 0 Å². The highest BCUT2D eigenvalue weighted by Gasteiger charge is 2.09. The lowest BCUT2D eigenvalue weighted by molar-refractivity contribution is -0.117. The van der Waals surface area contributed by atoms with Crippen LogP contribution < -0.4 is 21.3 Å². The van der Waals surface area contributed by atoms with Crippen molar-refractivity contribution in [3.05, 3.63) is 108 Å². The Morgan fingerprint density at radius 1 is 0.512 bits per heavy atom.